The summed E-state index contributed by atoms with van der Waals surface area (Å²) in [6.07, 6.45) is 0.334. The minimum absolute atomic E-state index is 0.0443. The Morgan fingerprint density at radius 2 is 1.69 bits per heavy atom. The van der Waals surface area contributed by atoms with E-state index in [1.54, 1.807) is 36.3 Å². The summed E-state index contributed by atoms with van der Waals surface area (Å²) < 4.78 is 5.19. The summed E-state index contributed by atoms with van der Waals surface area (Å²) in [5.74, 6) is 0.763. The molecule has 26 heavy (non-hydrogen) atoms. The molecule has 6 heteroatoms. The minimum atomic E-state index is -0.0443. The van der Waals surface area contributed by atoms with Crippen molar-refractivity contribution in [2.45, 2.75) is 6.42 Å². The molecule has 1 heterocycles. The number of hydrogen-bond acceptors (Lipinski definition) is 4. The Kier molecular flexibility index (Phi) is 5.41. The number of methoxy groups -OCH3 is 1. The normalized spacial score (nSPS) is 14.2. The number of ether oxygens (including phenoxy) is 1. The zero-order chi connectivity index (χ0) is 18.5. The van der Waals surface area contributed by atoms with E-state index in [0.717, 1.165) is 11.3 Å². The summed E-state index contributed by atoms with van der Waals surface area (Å²) in [5, 5.41) is 0. The van der Waals surface area contributed by atoms with Crippen LogP contribution in [0.25, 0.3) is 0 Å². The van der Waals surface area contributed by atoms with Gasteiger partial charge in [0.1, 0.15) is 5.75 Å². The third kappa shape index (κ3) is 4.14. The minimum Gasteiger partial charge on any atom is -0.497 e. The molecular formula is C20H23N3O3. The Balaban J connectivity index is 1.56. The van der Waals surface area contributed by atoms with E-state index in [1.165, 1.54) is 0 Å². The van der Waals surface area contributed by atoms with Crippen LogP contribution < -0.4 is 10.5 Å². The second-order valence-electron chi connectivity index (χ2n) is 6.33. The number of carbonyl (C=O) groups is 2. The van der Waals surface area contributed by atoms with E-state index in [4.69, 9.17) is 10.5 Å². The van der Waals surface area contributed by atoms with Crippen LogP contribution in [-0.2, 0) is 11.2 Å². The van der Waals surface area contributed by atoms with E-state index in [0.29, 0.717) is 43.9 Å². The van der Waals surface area contributed by atoms with Crippen molar-refractivity contribution in [3.63, 3.8) is 0 Å². The Hall–Kier alpha value is -3.02. The third-order valence-corrected chi connectivity index (χ3v) is 4.54. The highest BCUT2D eigenvalue weighted by molar-refractivity contribution is 5.95. The predicted molar refractivity (Wildman–Crippen MR) is 100 cm³/mol. The molecule has 0 spiro atoms. The molecule has 136 valence electrons. The molecule has 0 bridgehead atoms. The number of nitrogens with two attached hydrogens (primary N) is 1. The summed E-state index contributed by atoms with van der Waals surface area (Å²) in [6, 6.07) is 14.5. The fourth-order valence-corrected chi connectivity index (χ4v) is 3.08. The molecule has 2 N–H and O–H groups in total. The van der Waals surface area contributed by atoms with Gasteiger partial charge < -0.3 is 20.3 Å². The zero-order valence-electron chi connectivity index (χ0n) is 14.9. The molecule has 2 aromatic rings. The summed E-state index contributed by atoms with van der Waals surface area (Å²) in [4.78, 5) is 28.6. The Morgan fingerprint density at radius 3 is 2.38 bits per heavy atom. The molecule has 0 aliphatic carbocycles. The third-order valence-electron chi connectivity index (χ3n) is 4.54. The van der Waals surface area contributed by atoms with Crippen molar-refractivity contribution in [3.8, 4) is 5.75 Å². The first-order valence-corrected chi connectivity index (χ1v) is 8.62. The van der Waals surface area contributed by atoms with Gasteiger partial charge in [-0.2, -0.15) is 0 Å². The van der Waals surface area contributed by atoms with Crippen LogP contribution in [0.15, 0.2) is 48.5 Å². The number of rotatable bonds is 4. The first-order chi connectivity index (χ1) is 12.6. The monoisotopic (exact) mass is 353 g/mol. The van der Waals surface area contributed by atoms with E-state index in [-0.39, 0.29) is 11.8 Å². The topological polar surface area (TPSA) is 75.9 Å². The molecular weight excluding hydrogens is 330 g/mol. The smallest absolute Gasteiger partial charge is 0.254 e. The molecule has 6 nitrogen and oxygen atoms in total. The number of piperazine rings is 1. The van der Waals surface area contributed by atoms with E-state index >= 15 is 0 Å². The first kappa shape index (κ1) is 17.8. The first-order valence-electron chi connectivity index (χ1n) is 8.62. The number of carbonyl (C=O) groups excluding carboxylic acids is 2. The molecule has 3 rings (SSSR count). The Labute approximate surface area is 153 Å². The molecule has 0 saturated carbocycles. The molecule has 0 atom stereocenters. The van der Waals surface area contributed by atoms with Crippen LogP contribution >= 0.6 is 0 Å². The van der Waals surface area contributed by atoms with Crippen LogP contribution in [0.3, 0.4) is 0 Å². The molecule has 0 radical (unpaired) electrons. The Bertz CT molecular complexity index is 798. The maximum atomic E-state index is 12.5. The van der Waals surface area contributed by atoms with E-state index in [2.05, 4.69) is 0 Å². The maximum Gasteiger partial charge on any atom is 0.254 e. The van der Waals surface area contributed by atoms with Crippen molar-refractivity contribution >= 4 is 17.5 Å². The largest absolute Gasteiger partial charge is 0.497 e. The molecule has 1 aliphatic heterocycles. The lowest BCUT2D eigenvalue weighted by Crippen LogP contribution is -2.51. The average molecular weight is 353 g/mol. The van der Waals surface area contributed by atoms with Gasteiger partial charge >= 0.3 is 0 Å². The molecule has 1 aliphatic rings. The van der Waals surface area contributed by atoms with Crippen molar-refractivity contribution in [1.82, 2.24) is 9.80 Å². The number of nitrogens with zero attached hydrogens (tertiary/aromatic N) is 2. The number of hydrogen-bond donors (Lipinski definition) is 1. The van der Waals surface area contributed by atoms with Crippen molar-refractivity contribution in [2.24, 2.45) is 0 Å². The summed E-state index contributed by atoms with van der Waals surface area (Å²) in [6.45, 7) is 2.13. The predicted octanol–water partition coefficient (Wildman–Crippen LogP) is 1.80. The second-order valence-corrected chi connectivity index (χ2v) is 6.33. The molecule has 0 aromatic heterocycles. The van der Waals surface area contributed by atoms with Crippen molar-refractivity contribution in [1.29, 1.82) is 0 Å². The summed E-state index contributed by atoms with van der Waals surface area (Å²) >= 11 is 0. The van der Waals surface area contributed by atoms with Gasteiger partial charge in [0.05, 0.1) is 13.5 Å². The van der Waals surface area contributed by atoms with Crippen molar-refractivity contribution < 1.29 is 14.3 Å². The maximum absolute atomic E-state index is 12.5. The van der Waals surface area contributed by atoms with Gasteiger partial charge in [0, 0.05) is 37.4 Å². The number of amides is 2. The van der Waals surface area contributed by atoms with Crippen LogP contribution in [0, 0.1) is 0 Å². The fraction of sp³-hybridized carbons (Fsp3) is 0.300. The molecule has 1 fully saturated rings. The molecule has 0 unspecified atom stereocenters. The van der Waals surface area contributed by atoms with Gasteiger partial charge in [0.15, 0.2) is 0 Å². The highest BCUT2D eigenvalue weighted by Gasteiger charge is 2.25. The van der Waals surface area contributed by atoms with Gasteiger partial charge in [0.2, 0.25) is 5.91 Å². The van der Waals surface area contributed by atoms with Gasteiger partial charge in [-0.3, -0.25) is 9.59 Å². The SMILES string of the molecule is COc1cccc(CC(=O)N2CCN(C(=O)c3cccc(N)c3)CC2)c1. The second kappa shape index (κ2) is 7.91. The lowest BCUT2D eigenvalue weighted by atomic mass is 10.1. The summed E-state index contributed by atoms with van der Waals surface area (Å²) in [5.41, 5.74) is 7.83. The van der Waals surface area contributed by atoms with Crippen LogP contribution in [-0.4, -0.2) is 54.9 Å². The van der Waals surface area contributed by atoms with Crippen LogP contribution in [0.5, 0.6) is 5.75 Å². The highest BCUT2D eigenvalue weighted by atomic mass is 16.5. The van der Waals surface area contributed by atoms with Gasteiger partial charge in [0.25, 0.3) is 5.91 Å². The van der Waals surface area contributed by atoms with Gasteiger partial charge in [-0.15, -0.1) is 0 Å². The van der Waals surface area contributed by atoms with Crippen LogP contribution in [0.1, 0.15) is 15.9 Å². The van der Waals surface area contributed by atoms with Crippen LogP contribution in [0.2, 0.25) is 0 Å². The molecule has 2 aromatic carbocycles. The average Bonchev–Trinajstić information content (AvgIpc) is 2.67. The van der Waals surface area contributed by atoms with E-state index in [9.17, 15) is 9.59 Å². The van der Waals surface area contributed by atoms with Crippen LogP contribution in [0.4, 0.5) is 5.69 Å². The van der Waals surface area contributed by atoms with Crippen molar-refractivity contribution in [2.75, 3.05) is 39.0 Å². The Morgan fingerprint density at radius 1 is 1.00 bits per heavy atom. The number of benzene rings is 2. The highest BCUT2D eigenvalue weighted by Crippen LogP contribution is 2.15. The van der Waals surface area contributed by atoms with Gasteiger partial charge in [-0.05, 0) is 35.9 Å². The van der Waals surface area contributed by atoms with Gasteiger partial charge in [-0.1, -0.05) is 18.2 Å². The number of anilines is 1. The quantitative estimate of drug-likeness (QED) is 0.851. The fourth-order valence-electron chi connectivity index (χ4n) is 3.08. The lowest BCUT2D eigenvalue weighted by molar-refractivity contribution is -0.131. The summed E-state index contributed by atoms with van der Waals surface area (Å²) in [7, 11) is 1.61. The number of nitrogen functional groups attached to an aromatic ring is 1. The zero-order valence-corrected chi connectivity index (χ0v) is 14.9. The standard InChI is InChI=1S/C20H23N3O3/c1-26-18-7-2-4-15(12-18)13-19(24)22-8-10-23(11-9-22)20(25)16-5-3-6-17(21)14-16/h2-7,12,14H,8-11,13,21H2,1H3. The molecule has 2 amide bonds. The molecule has 1 saturated heterocycles. The lowest BCUT2D eigenvalue weighted by Gasteiger charge is -2.35. The van der Waals surface area contributed by atoms with Gasteiger partial charge in [-0.25, -0.2) is 0 Å². The van der Waals surface area contributed by atoms with Crippen molar-refractivity contribution in [3.05, 3.63) is 59.7 Å². The van der Waals surface area contributed by atoms with E-state index in [1.807, 2.05) is 29.2 Å². The van der Waals surface area contributed by atoms with E-state index < -0.39 is 0 Å².